The van der Waals surface area contributed by atoms with Crippen molar-refractivity contribution < 1.29 is 67.3 Å². The highest BCUT2D eigenvalue weighted by Gasteiger charge is 2.53. The van der Waals surface area contributed by atoms with Gasteiger partial charge in [-0.15, -0.1) is 0 Å². The largest absolute Gasteiger partial charge is 0.464 e. The minimum Gasteiger partial charge on any atom is -0.464 e. The number of likely N-dealkylation sites (tertiary alicyclic amines) is 1. The van der Waals surface area contributed by atoms with Crippen molar-refractivity contribution in [2.75, 3.05) is 54.3 Å². The first-order valence-corrected chi connectivity index (χ1v) is 27.8. The maximum absolute atomic E-state index is 14.1. The van der Waals surface area contributed by atoms with Crippen LogP contribution in [0.1, 0.15) is 160 Å². The summed E-state index contributed by atoms with van der Waals surface area (Å²) in [4.78, 5) is 68.2. The third kappa shape index (κ3) is 21.2. The predicted molar refractivity (Wildman–Crippen MR) is 288 cm³/mol. The van der Waals surface area contributed by atoms with Crippen LogP contribution in [0.15, 0.2) is 47.6 Å². The maximum Gasteiger partial charge on any atom is 0.328 e. The third-order valence-corrected chi connectivity index (χ3v) is 15.0. The Balaban J connectivity index is 0.00000925. The average molecular weight is 1050 g/mol. The Bertz CT molecular complexity index is 1830. The fourth-order valence-electron chi connectivity index (χ4n) is 10.2. The number of carbonyl (C=O) groups is 5. The van der Waals surface area contributed by atoms with Crippen LogP contribution in [0.25, 0.3) is 0 Å². The molecular formula is C59H99NO14. The molecule has 3 aliphatic rings. The molecule has 424 valence electrons. The first-order chi connectivity index (χ1) is 35.2. The van der Waals surface area contributed by atoms with Gasteiger partial charge in [-0.25, -0.2) is 4.79 Å². The minimum absolute atomic E-state index is 0.0296. The number of aliphatic hydroxyl groups is 2. The molecule has 0 aromatic heterocycles. The van der Waals surface area contributed by atoms with Gasteiger partial charge < -0.3 is 48.3 Å². The molecule has 0 aromatic carbocycles. The van der Waals surface area contributed by atoms with Gasteiger partial charge in [0, 0.05) is 58.7 Å². The van der Waals surface area contributed by atoms with Gasteiger partial charge in [-0.1, -0.05) is 98.3 Å². The highest BCUT2D eigenvalue weighted by molar-refractivity contribution is 6.39. The minimum atomic E-state index is -2.39. The number of carbonyl (C=O) groups excluding carboxylic acids is 5. The van der Waals surface area contributed by atoms with E-state index in [2.05, 4.69) is 13.8 Å². The number of hydrogen-bond donors (Lipinski definition) is 2. The normalized spacial score (nSPS) is 26.8. The van der Waals surface area contributed by atoms with Crippen molar-refractivity contribution in [1.29, 1.82) is 0 Å². The van der Waals surface area contributed by atoms with Crippen molar-refractivity contribution in [3.8, 4) is 0 Å². The molecule has 1 saturated carbocycles. The number of Topliss-reactive ketones (excluding diaryl/α,β-unsaturated/α-hetero) is 3. The van der Waals surface area contributed by atoms with Crippen LogP contribution < -0.4 is 0 Å². The van der Waals surface area contributed by atoms with Crippen LogP contribution >= 0.6 is 0 Å². The molecule has 15 nitrogen and oxygen atoms in total. The van der Waals surface area contributed by atoms with Gasteiger partial charge in [0.1, 0.15) is 24.0 Å². The van der Waals surface area contributed by atoms with E-state index in [9.17, 15) is 34.2 Å². The monoisotopic (exact) mass is 1050 g/mol. The van der Waals surface area contributed by atoms with Crippen molar-refractivity contribution in [2.24, 2.45) is 35.5 Å². The topological polar surface area (TPSA) is 194 Å². The molecule has 2 aliphatic heterocycles. The zero-order chi connectivity index (χ0) is 55.5. The van der Waals surface area contributed by atoms with E-state index in [1.807, 2.05) is 65.0 Å². The van der Waals surface area contributed by atoms with Crippen molar-refractivity contribution >= 4 is 29.2 Å². The number of aliphatic hydroxyl groups excluding tert-OH is 1. The number of nitrogens with zero attached hydrogens (tertiary/aromatic N) is 1. The van der Waals surface area contributed by atoms with Crippen LogP contribution in [0.3, 0.4) is 0 Å². The van der Waals surface area contributed by atoms with Crippen molar-refractivity contribution in [3.63, 3.8) is 0 Å². The van der Waals surface area contributed by atoms with E-state index in [-0.39, 0.29) is 54.7 Å². The highest BCUT2D eigenvalue weighted by atomic mass is 16.6. The number of amides is 1. The SMILES string of the molecule is CC.CCCCOC1CC[C@@H](C[C@@H](C)COC(=O)C2CCCCN2C(=O)C(=O)C2(O)O[C@H](C[C@H](OCCOC)/C(C)=C/C=C/C=C[C@@H](C)CC(C)C(=O)[C@H](OC)C(O)/C(C)=C/[C@@H](C)C(C)=O)CCC2C)C[C@H]1OC. The molecule has 2 heterocycles. The van der Waals surface area contributed by atoms with Gasteiger partial charge in [0.2, 0.25) is 5.79 Å². The molecule has 0 spiro atoms. The van der Waals surface area contributed by atoms with Crippen molar-refractivity contribution in [3.05, 3.63) is 47.6 Å². The predicted octanol–water partition coefficient (Wildman–Crippen LogP) is 9.30. The van der Waals surface area contributed by atoms with Crippen LogP contribution in [0.4, 0.5) is 0 Å². The fraction of sp³-hybridized carbons (Fsp3) is 0.780. The number of unbranched alkanes of at least 4 members (excludes halogenated alkanes) is 1. The zero-order valence-electron chi connectivity index (χ0n) is 47.9. The fourth-order valence-corrected chi connectivity index (χ4v) is 10.2. The highest BCUT2D eigenvalue weighted by Crippen LogP contribution is 2.37. The summed E-state index contributed by atoms with van der Waals surface area (Å²) in [5.74, 6) is -6.14. The Morgan fingerprint density at radius 3 is 2.22 bits per heavy atom. The summed E-state index contributed by atoms with van der Waals surface area (Å²) in [5.41, 5.74) is 1.38. The van der Waals surface area contributed by atoms with E-state index >= 15 is 0 Å². The van der Waals surface area contributed by atoms with Crippen LogP contribution in [-0.2, 0) is 57.1 Å². The smallest absolute Gasteiger partial charge is 0.328 e. The van der Waals surface area contributed by atoms with Gasteiger partial charge >= 0.3 is 5.97 Å². The molecule has 0 aromatic rings. The maximum atomic E-state index is 14.1. The van der Waals surface area contributed by atoms with Gasteiger partial charge in [0.05, 0.1) is 44.2 Å². The summed E-state index contributed by atoms with van der Waals surface area (Å²) in [5, 5.41) is 22.9. The Morgan fingerprint density at radius 1 is 0.851 bits per heavy atom. The van der Waals surface area contributed by atoms with E-state index in [4.69, 9.17) is 33.2 Å². The Labute approximate surface area is 445 Å². The first-order valence-electron chi connectivity index (χ1n) is 27.8. The summed E-state index contributed by atoms with van der Waals surface area (Å²) in [6, 6.07) is -0.935. The van der Waals surface area contributed by atoms with Crippen LogP contribution in [0.2, 0.25) is 0 Å². The number of ketones is 3. The number of esters is 1. The van der Waals surface area contributed by atoms with Gasteiger partial charge in [-0.05, 0) is 120 Å². The molecular weight excluding hydrogens is 947 g/mol. The summed E-state index contributed by atoms with van der Waals surface area (Å²) >= 11 is 0. The number of allylic oxidation sites excluding steroid dienone is 6. The number of rotatable bonds is 31. The molecule has 2 N–H and O–H groups in total. The number of ether oxygens (including phenoxy) is 7. The van der Waals surface area contributed by atoms with E-state index in [0.29, 0.717) is 69.7 Å². The van der Waals surface area contributed by atoms with Crippen LogP contribution in [0.5, 0.6) is 0 Å². The average Bonchev–Trinajstić information content (AvgIpc) is 3.38. The molecule has 15 heteroatoms. The van der Waals surface area contributed by atoms with Crippen molar-refractivity contribution in [1.82, 2.24) is 4.90 Å². The van der Waals surface area contributed by atoms with E-state index < -0.39 is 65.7 Å². The molecule has 74 heavy (non-hydrogen) atoms. The second kappa shape index (κ2) is 35.1. The number of methoxy groups -OCH3 is 3. The van der Waals surface area contributed by atoms with E-state index in [0.717, 1.165) is 50.7 Å². The zero-order valence-corrected chi connectivity index (χ0v) is 47.9. The summed E-state index contributed by atoms with van der Waals surface area (Å²) < 4.78 is 40.9. The van der Waals surface area contributed by atoms with Crippen molar-refractivity contribution in [2.45, 2.75) is 208 Å². The van der Waals surface area contributed by atoms with Gasteiger partial charge in [0.25, 0.3) is 11.7 Å². The lowest BCUT2D eigenvalue weighted by Gasteiger charge is -2.42. The van der Waals surface area contributed by atoms with Crippen LogP contribution in [0, 0.1) is 35.5 Å². The van der Waals surface area contributed by atoms with E-state index in [1.54, 1.807) is 41.1 Å². The Kier molecular flexibility index (Phi) is 31.6. The molecule has 1 aliphatic carbocycles. The molecule has 3 fully saturated rings. The number of hydrogen-bond acceptors (Lipinski definition) is 14. The molecule has 2 saturated heterocycles. The van der Waals surface area contributed by atoms with Gasteiger partial charge in [0.15, 0.2) is 5.78 Å². The molecule has 14 atom stereocenters. The standard InChI is InChI=1S/C57H93NO14.C2H6/c1-13-14-28-69-48-26-24-45(34-50(48)67-11)32-38(3)36-71-56(64)47-22-18-19-27-58(47)55(63)54(62)57(65)43(8)23-25-46(72-57)35-49(70-30-29-66-10)39(4)21-17-15-16-20-37(2)31-41(6)51(60)53(68-12)52(61)42(7)33-40(5)44(9)59;1-2/h15-17,20-21,33,37-38,40-41,43,45-50,52-53,61,65H,13-14,18-19,22-32,34-36H2,1-12H3;1-2H3/b17-15+,20-16?,39-21+,42-33+;/t37-,38-,40-,41?,43?,45+,46+,47?,48?,49+,50-,52?,53+,57?;/m1./s1. The molecule has 3 rings (SSSR count). The summed E-state index contributed by atoms with van der Waals surface area (Å²) in [6.07, 6.45) is 17.4. The van der Waals surface area contributed by atoms with E-state index in [1.165, 1.54) is 18.9 Å². The molecule has 6 unspecified atom stereocenters. The lowest BCUT2D eigenvalue weighted by atomic mass is 9.80. The Morgan fingerprint density at radius 2 is 1.57 bits per heavy atom. The molecule has 0 bridgehead atoms. The number of piperidine rings is 1. The summed E-state index contributed by atoms with van der Waals surface area (Å²) in [6.45, 7) is 22.4. The lowest BCUT2D eigenvalue weighted by Crippen LogP contribution is -2.60. The quantitative estimate of drug-likeness (QED) is 0.0219. The van der Waals surface area contributed by atoms with Gasteiger partial charge in [-0.3, -0.25) is 19.2 Å². The summed E-state index contributed by atoms with van der Waals surface area (Å²) in [7, 11) is 4.72. The van der Waals surface area contributed by atoms with Gasteiger partial charge in [-0.2, -0.15) is 0 Å². The first kappa shape index (κ1) is 66.7. The van der Waals surface area contributed by atoms with Crippen LogP contribution in [-0.4, -0.2) is 147 Å². The second-order valence-corrected chi connectivity index (χ2v) is 21.1. The third-order valence-electron chi connectivity index (χ3n) is 15.0. The molecule has 0 radical (unpaired) electrons. The Hall–Kier alpha value is -3.41. The lowest BCUT2D eigenvalue weighted by molar-refractivity contribution is -0.266. The molecule has 1 amide bonds. The second-order valence-electron chi connectivity index (χ2n) is 21.1.